The lowest BCUT2D eigenvalue weighted by Crippen LogP contribution is -2.26. The summed E-state index contributed by atoms with van der Waals surface area (Å²) in [5.41, 5.74) is 0. The number of rotatable bonds is 4. The molecule has 2 heterocycles. The van der Waals surface area contributed by atoms with Gasteiger partial charge in [0.2, 0.25) is 11.9 Å². The van der Waals surface area contributed by atoms with E-state index in [0.29, 0.717) is 11.9 Å². The van der Waals surface area contributed by atoms with E-state index in [9.17, 15) is 4.79 Å². The Labute approximate surface area is 114 Å². The maximum absolute atomic E-state index is 11.9. The fraction of sp³-hybridized carbons (Fsp3) is 0.667. The number of imidazole rings is 1. The summed E-state index contributed by atoms with van der Waals surface area (Å²) in [4.78, 5) is 16.1. The highest BCUT2D eigenvalue weighted by molar-refractivity contribution is 5.91. The number of nitrogens with zero attached hydrogens (tertiary/aromatic N) is 2. The number of carbonyl (C=O) groups is 1. The van der Waals surface area contributed by atoms with Crippen molar-refractivity contribution in [1.29, 1.82) is 0 Å². The largest absolute Gasteiger partial charge is 0.317 e. The van der Waals surface area contributed by atoms with Crippen LogP contribution in [-0.4, -0.2) is 28.5 Å². The van der Waals surface area contributed by atoms with E-state index < -0.39 is 0 Å². The lowest BCUT2D eigenvalue weighted by atomic mass is 10.1. The molecule has 18 heavy (non-hydrogen) atoms. The molecule has 0 bridgehead atoms. The Hall–Kier alpha value is -1.07. The molecule has 1 aliphatic rings. The van der Waals surface area contributed by atoms with Crippen LogP contribution in [0.15, 0.2) is 12.4 Å². The average molecular weight is 273 g/mol. The Morgan fingerprint density at radius 1 is 1.67 bits per heavy atom. The smallest absolute Gasteiger partial charge is 0.231 e. The molecule has 102 valence electrons. The van der Waals surface area contributed by atoms with Crippen molar-refractivity contribution in [3.05, 3.63) is 12.4 Å². The van der Waals surface area contributed by atoms with Crippen LogP contribution in [0, 0.1) is 11.8 Å². The quantitative estimate of drug-likeness (QED) is 0.874. The SMILES string of the molecule is CC(C)Cn1ccnc1NC(=O)[C@@H]1CCNC1.Cl. The van der Waals surface area contributed by atoms with E-state index in [1.165, 1.54) is 0 Å². The molecule has 1 aliphatic heterocycles. The average Bonchev–Trinajstić information content (AvgIpc) is 2.89. The first kappa shape index (κ1) is 15.0. The van der Waals surface area contributed by atoms with Crippen molar-refractivity contribution < 1.29 is 4.79 Å². The van der Waals surface area contributed by atoms with Crippen LogP contribution in [0.1, 0.15) is 20.3 Å². The van der Waals surface area contributed by atoms with E-state index in [1.54, 1.807) is 6.20 Å². The standard InChI is InChI=1S/C12H20N4O.ClH/c1-9(2)8-16-6-5-14-12(16)15-11(17)10-3-4-13-7-10;/h5-6,9-10,13H,3-4,7-8H2,1-2H3,(H,14,15,17);1H/t10-;/m1./s1. The van der Waals surface area contributed by atoms with Crippen LogP contribution in [0.3, 0.4) is 0 Å². The molecule has 2 N–H and O–H groups in total. The Morgan fingerprint density at radius 3 is 3.06 bits per heavy atom. The van der Waals surface area contributed by atoms with Gasteiger partial charge in [-0.1, -0.05) is 13.8 Å². The summed E-state index contributed by atoms with van der Waals surface area (Å²) >= 11 is 0. The highest BCUT2D eigenvalue weighted by Crippen LogP contribution is 2.13. The van der Waals surface area contributed by atoms with E-state index in [4.69, 9.17) is 0 Å². The molecular weight excluding hydrogens is 252 g/mol. The van der Waals surface area contributed by atoms with Crippen molar-refractivity contribution in [2.24, 2.45) is 11.8 Å². The fourth-order valence-corrected chi connectivity index (χ4v) is 2.06. The van der Waals surface area contributed by atoms with Gasteiger partial charge in [0.1, 0.15) is 0 Å². The maximum atomic E-state index is 11.9. The van der Waals surface area contributed by atoms with E-state index in [1.807, 2.05) is 10.8 Å². The lowest BCUT2D eigenvalue weighted by Gasteiger charge is -2.13. The Kier molecular flexibility index (Phi) is 5.62. The number of carbonyl (C=O) groups excluding carboxylic acids is 1. The zero-order valence-electron chi connectivity index (χ0n) is 10.8. The predicted molar refractivity (Wildman–Crippen MR) is 73.9 cm³/mol. The third-order valence-electron chi connectivity index (χ3n) is 2.94. The summed E-state index contributed by atoms with van der Waals surface area (Å²) in [5.74, 6) is 1.36. The second-order valence-electron chi connectivity index (χ2n) is 4.98. The molecule has 0 aromatic carbocycles. The number of aromatic nitrogens is 2. The fourth-order valence-electron chi connectivity index (χ4n) is 2.06. The van der Waals surface area contributed by atoms with E-state index in [-0.39, 0.29) is 24.2 Å². The van der Waals surface area contributed by atoms with Crippen molar-refractivity contribution in [1.82, 2.24) is 14.9 Å². The molecule has 2 rings (SSSR count). The molecule has 0 unspecified atom stereocenters. The van der Waals surface area contributed by atoms with Crippen molar-refractivity contribution in [3.8, 4) is 0 Å². The van der Waals surface area contributed by atoms with Gasteiger partial charge in [0.15, 0.2) is 0 Å². The summed E-state index contributed by atoms with van der Waals surface area (Å²) in [5, 5.41) is 6.10. The molecule has 1 aromatic heterocycles. The molecule has 0 spiro atoms. The maximum Gasteiger partial charge on any atom is 0.231 e. The number of nitrogens with one attached hydrogen (secondary N) is 2. The first-order valence-electron chi connectivity index (χ1n) is 6.19. The van der Waals surface area contributed by atoms with Crippen molar-refractivity contribution in [2.45, 2.75) is 26.8 Å². The minimum absolute atomic E-state index is 0. The second-order valence-corrected chi connectivity index (χ2v) is 4.98. The van der Waals surface area contributed by atoms with Crippen LogP contribution in [0.25, 0.3) is 0 Å². The molecule has 1 atom stereocenters. The van der Waals surface area contributed by atoms with E-state index in [0.717, 1.165) is 26.1 Å². The summed E-state index contributed by atoms with van der Waals surface area (Å²) in [6, 6.07) is 0. The van der Waals surface area contributed by atoms with Crippen molar-refractivity contribution in [3.63, 3.8) is 0 Å². The van der Waals surface area contributed by atoms with Gasteiger partial charge in [0, 0.05) is 25.5 Å². The molecule has 0 aliphatic carbocycles. The van der Waals surface area contributed by atoms with Crippen LogP contribution in [0.5, 0.6) is 0 Å². The monoisotopic (exact) mass is 272 g/mol. The Morgan fingerprint density at radius 2 is 2.44 bits per heavy atom. The molecule has 5 nitrogen and oxygen atoms in total. The van der Waals surface area contributed by atoms with Gasteiger partial charge in [0.05, 0.1) is 5.92 Å². The summed E-state index contributed by atoms with van der Waals surface area (Å²) in [7, 11) is 0. The van der Waals surface area contributed by atoms with Gasteiger partial charge in [-0.15, -0.1) is 12.4 Å². The number of amides is 1. The molecule has 1 aromatic rings. The van der Waals surface area contributed by atoms with Crippen LogP contribution in [0.2, 0.25) is 0 Å². The molecule has 1 fully saturated rings. The van der Waals surface area contributed by atoms with Crippen LogP contribution < -0.4 is 10.6 Å². The topological polar surface area (TPSA) is 59.0 Å². The normalized spacial score (nSPS) is 18.7. The first-order valence-corrected chi connectivity index (χ1v) is 6.19. The van der Waals surface area contributed by atoms with Crippen molar-refractivity contribution in [2.75, 3.05) is 18.4 Å². The number of hydrogen-bond donors (Lipinski definition) is 2. The molecule has 0 radical (unpaired) electrons. The zero-order chi connectivity index (χ0) is 12.3. The lowest BCUT2D eigenvalue weighted by molar-refractivity contribution is -0.119. The Balaban J connectivity index is 0.00000162. The van der Waals surface area contributed by atoms with Gasteiger partial charge in [-0.2, -0.15) is 0 Å². The van der Waals surface area contributed by atoms with Gasteiger partial charge < -0.3 is 9.88 Å². The summed E-state index contributed by atoms with van der Waals surface area (Å²) < 4.78 is 1.99. The Bertz CT molecular complexity index is 385. The molecule has 1 amide bonds. The van der Waals surface area contributed by atoms with Crippen LogP contribution in [-0.2, 0) is 11.3 Å². The summed E-state index contributed by atoms with van der Waals surface area (Å²) in [6.45, 7) is 6.87. The van der Waals surface area contributed by atoms with Gasteiger partial charge in [-0.3, -0.25) is 10.1 Å². The van der Waals surface area contributed by atoms with Crippen molar-refractivity contribution >= 4 is 24.3 Å². The third-order valence-corrected chi connectivity index (χ3v) is 2.94. The van der Waals surface area contributed by atoms with E-state index in [2.05, 4.69) is 29.5 Å². The second kappa shape index (κ2) is 6.75. The number of hydrogen-bond acceptors (Lipinski definition) is 3. The van der Waals surface area contributed by atoms with E-state index >= 15 is 0 Å². The highest BCUT2D eigenvalue weighted by Gasteiger charge is 2.23. The van der Waals surface area contributed by atoms with Gasteiger partial charge in [0.25, 0.3) is 0 Å². The minimum atomic E-state index is 0. The predicted octanol–water partition coefficient (Wildman–Crippen LogP) is 1.51. The molecular formula is C12H21ClN4O. The first-order chi connectivity index (χ1) is 8.16. The number of anilines is 1. The van der Waals surface area contributed by atoms with Crippen LogP contribution in [0.4, 0.5) is 5.95 Å². The van der Waals surface area contributed by atoms with Gasteiger partial charge in [-0.25, -0.2) is 4.98 Å². The van der Waals surface area contributed by atoms with Crippen LogP contribution >= 0.6 is 12.4 Å². The van der Waals surface area contributed by atoms with Gasteiger partial charge in [-0.05, 0) is 18.9 Å². The summed E-state index contributed by atoms with van der Waals surface area (Å²) in [6.07, 6.45) is 4.55. The van der Waals surface area contributed by atoms with Gasteiger partial charge >= 0.3 is 0 Å². The minimum Gasteiger partial charge on any atom is -0.317 e. The highest BCUT2D eigenvalue weighted by atomic mass is 35.5. The number of halogens is 1. The third kappa shape index (κ3) is 3.71. The molecule has 1 saturated heterocycles. The molecule has 6 heteroatoms. The zero-order valence-corrected chi connectivity index (χ0v) is 11.7. The molecule has 0 saturated carbocycles.